The van der Waals surface area contributed by atoms with Crippen LogP contribution in [0.25, 0.3) is 11.3 Å². The highest BCUT2D eigenvalue weighted by atomic mass is 19.4. The predicted molar refractivity (Wildman–Crippen MR) is 67.9 cm³/mol. The van der Waals surface area contributed by atoms with Gasteiger partial charge in [0.05, 0.1) is 16.8 Å². The first-order valence-corrected chi connectivity index (χ1v) is 5.74. The molecule has 0 spiro atoms. The number of aryl methyl sites for hydroxylation is 1. The average Bonchev–Trinajstić information content (AvgIpc) is 2.37. The van der Waals surface area contributed by atoms with Gasteiger partial charge < -0.3 is 5.73 Å². The van der Waals surface area contributed by atoms with E-state index in [1.807, 2.05) is 0 Å². The van der Waals surface area contributed by atoms with Gasteiger partial charge in [-0.1, -0.05) is 18.2 Å². The van der Waals surface area contributed by atoms with Crippen molar-refractivity contribution in [3.63, 3.8) is 0 Å². The minimum atomic E-state index is -4.53. The zero-order chi connectivity index (χ0) is 14.9. The fourth-order valence-electron chi connectivity index (χ4n) is 1.90. The van der Waals surface area contributed by atoms with Crippen LogP contribution in [0.15, 0.2) is 36.4 Å². The molecule has 1 aromatic heterocycles. The summed E-state index contributed by atoms with van der Waals surface area (Å²) in [6.45, 7) is 1.63. The van der Waals surface area contributed by atoms with E-state index in [0.717, 1.165) is 6.07 Å². The Morgan fingerprint density at radius 1 is 1.15 bits per heavy atom. The second kappa shape index (κ2) is 4.96. The summed E-state index contributed by atoms with van der Waals surface area (Å²) in [5.41, 5.74) is 4.62. The maximum atomic E-state index is 13.0. The Hall–Kier alpha value is -2.37. The van der Waals surface area contributed by atoms with Crippen LogP contribution in [-0.4, -0.2) is 10.9 Å². The van der Waals surface area contributed by atoms with Crippen molar-refractivity contribution in [1.29, 1.82) is 0 Å². The van der Waals surface area contributed by atoms with Crippen LogP contribution in [0.5, 0.6) is 0 Å². The number of aromatic nitrogens is 1. The van der Waals surface area contributed by atoms with Gasteiger partial charge in [-0.15, -0.1) is 0 Å². The van der Waals surface area contributed by atoms with Gasteiger partial charge >= 0.3 is 6.18 Å². The molecule has 1 heterocycles. The number of amides is 1. The summed E-state index contributed by atoms with van der Waals surface area (Å²) in [6.07, 6.45) is -4.53. The number of nitrogens with zero attached hydrogens (tertiary/aromatic N) is 1. The molecule has 20 heavy (non-hydrogen) atoms. The van der Waals surface area contributed by atoms with Crippen LogP contribution >= 0.6 is 0 Å². The number of primary amides is 1. The zero-order valence-electron chi connectivity index (χ0n) is 10.5. The predicted octanol–water partition coefficient (Wildman–Crippen LogP) is 3.17. The topological polar surface area (TPSA) is 56.0 Å². The monoisotopic (exact) mass is 280 g/mol. The van der Waals surface area contributed by atoms with Crippen LogP contribution in [0.1, 0.15) is 21.6 Å². The van der Waals surface area contributed by atoms with E-state index in [0.29, 0.717) is 5.69 Å². The molecule has 0 fully saturated rings. The summed E-state index contributed by atoms with van der Waals surface area (Å²) in [7, 11) is 0. The molecule has 2 rings (SSSR count). The van der Waals surface area contributed by atoms with Gasteiger partial charge in [0.2, 0.25) is 0 Å². The lowest BCUT2D eigenvalue weighted by Crippen LogP contribution is -2.15. The van der Waals surface area contributed by atoms with Gasteiger partial charge in [0.25, 0.3) is 5.91 Å². The van der Waals surface area contributed by atoms with Gasteiger partial charge in [-0.3, -0.25) is 9.78 Å². The van der Waals surface area contributed by atoms with Crippen LogP contribution in [0, 0.1) is 6.92 Å². The third kappa shape index (κ3) is 2.64. The number of hydrogen-bond acceptors (Lipinski definition) is 2. The van der Waals surface area contributed by atoms with Crippen molar-refractivity contribution in [2.45, 2.75) is 13.1 Å². The standard InChI is InChI=1S/C14H11F3N2O/c1-8-6-7-10(13(18)20)12(19-8)9-4-2-3-5-11(9)14(15,16)17/h2-7H,1H3,(H2,18,20). The lowest BCUT2D eigenvalue weighted by molar-refractivity contribution is -0.137. The summed E-state index contributed by atoms with van der Waals surface area (Å²) < 4.78 is 39.1. The Morgan fingerprint density at radius 2 is 1.80 bits per heavy atom. The van der Waals surface area contributed by atoms with E-state index in [9.17, 15) is 18.0 Å². The largest absolute Gasteiger partial charge is 0.417 e. The molecule has 0 radical (unpaired) electrons. The molecule has 2 aromatic rings. The lowest BCUT2D eigenvalue weighted by Gasteiger charge is -2.14. The van der Waals surface area contributed by atoms with E-state index in [4.69, 9.17) is 5.73 Å². The van der Waals surface area contributed by atoms with Gasteiger partial charge in [0.1, 0.15) is 0 Å². The van der Waals surface area contributed by atoms with Crippen molar-refractivity contribution < 1.29 is 18.0 Å². The number of carbonyl (C=O) groups excluding carboxylic acids is 1. The van der Waals surface area contributed by atoms with Gasteiger partial charge in [0, 0.05) is 11.3 Å². The second-order valence-electron chi connectivity index (χ2n) is 4.26. The molecule has 6 heteroatoms. The third-order valence-corrected chi connectivity index (χ3v) is 2.79. The maximum absolute atomic E-state index is 13.0. The van der Waals surface area contributed by atoms with E-state index in [1.165, 1.54) is 30.3 Å². The molecule has 0 aliphatic heterocycles. The SMILES string of the molecule is Cc1ccc(C(N)=O)c(-c2ccccc2C(F)(F)F)n1. The van der Waals surface area contributed by atoms with E-state index >= 15 is 0 Å². The number of hydrogen-bond donors (Lipinski definition) is 1. The van der Waals surface area contributed by atoms with Crippen LogP contribution in [0.2, 0.25) is 0 Å². The first-order valence-electron chi connectivity index (χ1n) is 5.74. The molecular weight excluding hydrogens is 269 g/mol. The minimum absolute atomic E-state index is 0.0349. The number of halogens is 3. The number of rotatable bonds is 2. The molecule has 0 aliphatic carbocycles. The fraction of sp³-hybridized carbons (Fsp3) is 0.143. The minimum Gasteiger partial charge on any atom is -0.366 e. The summed E-state index contributed by atoms with van der Waals surface area (Å²) in [5, 5.41) is 0. The summed E-state index contributed by atoms with van der Waals surface area (Å²) >= 11 is 0. The van der Waals surface area contributed by atoms with Crippen molar-refractivity contribution in [2.24, 2.45) is 5.73 Å². The Morgan fingerprint density at radius 3 is 2.40 bits per heavy atom. The van der Waals surface area contributed by atoms with Gasteiger partial charge in [-0.05, 0) is 25.1 Å². The quantitative estimate of drug-likeness (QED) is 0.918. The van der Waals surface area contributed by atoms with E-state index in [2.05, 4.69) is 4.98 Å². The normalized spacial score (nSPS) is 11.4. The van der Waals surface area contributed by atoms with Crippen molar-refractivity contribution in [1.82, 2.24) is 4.98 Å². The van der Waals surface area contributed by atoms with Gasteiger partial charge in [-0.2, -0.15) is 13.2 Å². The Kier molecular flexibility index (Phi) is 3.48. The van der Waals surface area contributed by atoms with Crippen molar-refractivity contribution in [2.75, 3.05) is 0 Å². The maximum Gasteiger partial charge on any atom is 0.417 e. The first kappa shape index (κ1) is 14.0. The molecule has 0 saturated carbocycles. The first-order chi connectivity index (χ1) is 9.30. The number of pyridine rings is 1. The highest BCUT2D eigenvalue weighted by molar-refractivity contribution is 5.99. The van der Waals surface area contributed by atoms with E-state index in [1.54, 1.807) is 6.92 Å². The van der Waals surface area contributed by atoms with E-state index in [-0.39, 0.29) is 16.8 Å². The molecule has 0 atom stereocenters. The Labute approximate surface area is 113 Å². The molecule has 3 nitrogen and oxygen atoms in total. The number of nitrogens with two attached hydrogens (primary N) is 1. The molecular formula is C14H11F3N2O. The van der Waals surface area contributed by atoms with Crippen LogP contribution in [0.4, 0.5) is 13.2 Å². The van der Waals surface area contributed by atoms with Crippen molar-refractivity contribution in [3.05, 3.63) is 53.2 Å². The average molecular weight is 280 g/mol. The molecule has 0 bridgehead atoms. The molecule has 1 amide bonds. The lowest BCUT2D eigenvalue weighted by atomic mass is 9.99. The van der Waals surface area contributed by atoms with Crippen molar-refractivity contribution >= 4 is 5.91 Å². The molecule has 1 aromatic carbocycles. The highest BCUT2D eigenvalue weighted by Crippen LogP contribution is 2.37. The number of alkyl halides is 3. The molecule has 104 valence electrons. The van der Waals surface area contributed by atoms with Gasteiger partial charge in [0.15, 0.2) is 0 Å². The zero-order valence-corrected chi connectivity index (χ0v) is 10.5. The number of carbonyl (C=O) groups is 1. The fourth-order valence-corrected chi connectivity index (χ4v) is 1.90. The Bertz CT molecular complexity index is 666. The summed E-state index contributed by atoms with van der Waals surface area (Å²) in [4.78, 5) is 15.4. The highest BCUT2D eigenvalue weighted by Gasteiger charge is 2.34. The molecule has 2 N–H and O–H groups in total. The van der Waals surface area contributed by atoms with Gasteiger partial charge in [-0.25, -0.2) is 0 Å². The Balaban J connectivity index is 2.75. The third-order valence-electron chi connectivity index (χ3n) is 2.79. The van der Waals surface area contributed by atoms with Crippen LogP contribution in [0.3, 0.4) is 0 Å². The molecule has 0 aliphatic rings. The number of benzene rings is 1. The second-order valence-corrected chi connectivity index (χ2v) is 4.26. The summed E-state index contributed by atoms with van der Waals surface area (Å²) in [5.74, 6) is -0.815. The van der Waals surface area contributed by atoms with E-state index < -0.39 is 17.6 Å². The molecule has 0 saturated heterocycles. The van der Waals surface area contributed by atoms with Crippen molar-refractivity contribution in [3.8, 4) is 11.3 Å². The molecule has 0 unspecified atom stereocenters. The summed E-state index contributed by atoms with van der Waals surface area (Å²) in [6, 6.07) is 7.87. The van der Waals surface area contributed by atoms with Crippen LogP contribution < -0.4 is 5.73 Å². The van der Waals surface area contributed by atoms with Crippen LogP contribution in [-0.2, 0) is 6.18 Å². The smallest absolute Gasteiger partial charge is 0.366 e.